The Labute approximate surface area is 126 Å². The standard InChI is InChI=1S/C14H10Cl2N4/c1-20-8-7-17-14(20)13-18-11(15)10(12(16)19-13)9-5-3-2-4-6-9/h2-8H,1H3. The average molecular weight is 305 g/mol. The number of nitrogens with zero attached hydrogens (tertiary/aromatic N) is 4. The summed E-state index contributed by atoms with van der Waals surface area (Å²) in [5, 5.41) is 0.628. The molecule has 0 saturated heterocycles. The molecular formula is C14H10Cl2N4. The fourth-order valence-corrected chi connectivity index (χ4v) is 2.54. The van der Waals surface area contributed by atoms with E-state index in [1.807, 2.05) is 48.1 Å². The fraction of sp³-hybridized carbons (Fsp3) is 0.0714. The highest BCUT2D eigenvalue weighted by Gasteiger charge is 2.16. The lowest BCUT2D eigenvalue weighted by Gasteiger charge is -2.08. The first-order chi connectivity index (χ1) is 9.66. The van der Waals surface area contributed by atoms with Gasteiger partial charge in [-0.15, -0.1) is 0 Å². The molecule has 0 radical (unpaired) electrons. The van der Waals surface area contributed by atoms with Crippen molar-refractivity contribution >= 4 is 23.2 Å². The normalized spacial score (nSPS) is 10.8. The Hall–Kier alpha value is -1.91. The van der Waals surface area contributed by atoms with Crippen molar-refractivity contribution in [1.82, 2.24) is 19.5 Å². The second-order valence-corrected chi connectivity index (χ2v) is 4.95. The van der Waals surface area contributed by atoms with Gasteiger partial charge < -0.3 is 4.57 Å². The molecule has 6 heteroatoms. The quantitative estimate of drug-likeness (QED) is 0.675. The maximum atomic E-state index is 6.27. The van der Waals surface area contributed by atoms with E-state index in [0.29, 0.717) is 27.5 Å². The van der Waals surface area contributed by atoms with Gasteiger partial charge in [-0.3, -0.25) is 0 Å². The van der Waals surface area contributed by atoms with Crippen LogP contribution in [0.4, 0.5) is 0 Å². The second-order valence-electron chi connectivity index (χ2n) is 4.23. The van der Waals surface area contributed by atoms with Gasteiger partial charge in [-0.2, -0.15) is 0 Å². The first-order valence-corrected chi connectivity index (χ1v) is 6.68. The first-order valence-electron chi connectivity index (χ1n) is 5.93. The van der Waals surface area contributed by atoms with Gasteiger partial charge in [-0.1, -0.05) is 53.5 Å². The molecule has 1 aromatic carbocycles. The summed E-state index contributed by atoms with van der Waals surface area (Å²) in [5.41, 5.74) is 1.51. The van der Waals surface area contributed by atoms with Gasteiger partial charge in [-0.05, 0) is 5.56 Å². The van der Waals surface area contributed by atoms with E-state index in [0.717, 1.165) is 5.56 Å². The number of hydrogen-bond acceptors (Lipinski definition) is 3. The van der Waals surface area contributed by atoms with Crippen LogP contribution in [0, 0.1) is 0 Å². The van der Waals surface area contributed by atoms with E-state index in [2.05, 4.69) is 15.0 Å². The highest BCUT2D eigenvalue weighted by atomic mass is 35.5. The Bertz CT molecular complexity index is 730. The molecular weight excluding hydrogens is 295 g/mol. The average Bonchev–Trinajstić information content (AvgIpc) is 2.85. The zero-order valence-corrected chi connectivity index (χ0v) is 12.1. The van der Waals surface area contributed by atoms with Crippen molar-refractivity contribution in [2.24, 2.45) is 7.05 Å². The summed E-state index contributed by atoms with van der Waals surface area (Å²) in [6, 6.07) is 9.57. The van der Waals surface area contributed by atoms with Crippen molar-refractivity contribution in [2.75, 3.05) is 0 Å². The molecule has 0 aliphatic carbocycles. The Balaban J connectivity index is 2.15. The van der Waals surface area contributed by atoms with Crippen LogP contribution in [0.25, 0.3) is 22.8 Å². The molecule has 20 heavy (non-hydrogen) atoms. The zero-order chi connectivity index (χ0) is 14.1. The number of hydrogen-bond donors (Lipinski definition) is 0. The number of halogens is 2. The van der Waals surface area contributed by atoms with E-state index in [1.165, 1.54) is 0 Å². The van der Waals surface area contributed by atoms with E-state index >= 15 is 0 Å². The minimum atomic E-state index is 0.314. The molecule has 2 heterocycles. The fourth-order valence-electron chi connectivity index (χ4n) is 1.93. The van der Waals surface area contributed by atoms with Crippen molar-refractivity contribution in [3.8, 4) is 22.8 Å². The van der Waals surface area contributed by atoms with Crippen LogP contribution in [0.5, 0.6) is 0 Å². The van der Waals surface area contributed by atoms with E-state index < -0.39 is 0 Å². The number of rotatable bonds is 2. The van der Waals surface area contributed by atoms with E-state index in [4.69, 9.17) is 23.2 Å². The van der Waals surface area contributed by atoms with Gasteiger partial charge in [0.25, 0.3) is 0 Å². The number of aryl methyl sites for hydroxylation is 1. The van der Waals surface area contributed by atoms with Gasteiger partial charge in [0.2, 0.25) is 0 Å². The second kappa shape index (κ2) is 5.23. The summed E-state index contributed by atoms with van der Waals surface area (Å²) in [5.74, 6) is 1.03. The summed E-state index contributed by atoms with van der Waals surface area (Å²) < 4.78 is 1.81. The Morgan fingerprint density at radius 1 is 1.00 bits per heavy atom. The van der Waals surface area contributed by atoms with E-state index in [-0.39, 0.29) is 0 Å². The number of imidazole rings is 1. The van der Waals surface area contributed by atoms with Gasteiger partial charge in [-0.25, -0.2) is 15.0 Å². The minimum absolute atomic E-state index is 0.314. The lowest BCUT2D eigenvalue weighted by atomic mass is 10.1. The Kier molecular flexibility index (Phi) is 3.42. The van der Waals surface area contributed by atoms with E-state index in [9.17, 15) is 0 Å². The first kappa shape index (κ1) is 13.1. The highest BCUT2D eigenvalue weighted by molar-refractivity contribution is 6.37. The van der Waals surface area contributed by atoms with Gasteiger partial charge in [0.05, 0.1) is 5.56 Å². The monoisotopic (exact) mass is 304 g/mol. The molecule has 0 aliphatic rings. The van der Waals surface area contributed by atoms with Crippen LogP contribution in [0.2, 0.25) is 10.3 Å². The Morgan fingerprint density at radius 2 is 1.65 bits per heavy atom. The van der Waals surface area contributed by atoms with Crippen LogP contribution in [-0.4, -0.2) is 19.5 Å². The molecule has 0 fully saturated rings. The number of benzene rings is 1. The van der Waals surface area contributed by atoms with Crippen molar-refractivity contribution in [2.45, 2.75) is 0 Å². The maximum absolute atomic E-state index is 6.27. The molecule has 0 N–H and O–H groups in total. The number of aromatic nitrogens is 4. The van der Waals surface area contributed by atoms with Crippen LogP contribution >= 0.6 is 23.2 Å². The third kappa shape index (κ3) is 2.28. The molecule has 0 amide bonds. The van der Waals surface area contributed by atoms with Crippen LogP contribution in [0.15, 0.2) is 42.7 Å². The van der Waals surface area contributed by atoms with Gasteiger partial charge in [0, 0.05) is 19.4 Å². The molecule has 2 aromatic heterocycles. The third-order valence-electron chi connectivity index (χ3n) is 2.90. The molecule has 0 saturated carbocycles. The lowest BCUT2D eigenvalue weighted by molar-refractivity contribution is 0.906. The molecule has 4 nitrogen and oxygen atoms in total. The SMILES string of the molecule is Cn1ccnc1-c1nc(Cl)c(-c2ccccc2)c(Cl)n1. The smallest absolute Gasteiger partial charge is 0.198 e. The van der Waals surface area contributed by atoms with Crippen LogP contribution in [0.1, 0.15) is 0 Å². The van der Waals surface area contributed by atoms with Gasteiger partial charge in [0.15, 0.2) is 11.6 Å². The molecule has 0 spiro atoms. The third-order valence-corrected chi connectivity index (χ3v) is 3.45. The summed E-state index contributed by atoms with van der Waals surface area (Å²) in [4.78, 5) is 12.8. The topological polar surface area (TPSA) is 43.6 Å². The molecule has 3 aromatic rings. The van der Waals surface area contributed by atoms with Crippen LogP contribution in [-0.2, 0) is 7.05 Å². The van der Waals surface area contributed by atoms with Crippen LogP contribution in [0.3, 0.4) is 0 Å². The molecule has 0 unspecified atom stereocenters. The summed E-state index contributed by atoms with van der Waals surface area (Å²) in [6.07, 6.45) is 3.48. The van der Waals surface area contributed by atoms with Crippen molar-refractivity contribution < 1.29 is 0 Å². The zero-order valence-electron chi connectivity index (χ0n) is 10.6. The summed E-state index contributed by atoms with van der Waals surface area (Å²) >= 11 is 12.5. The van der Waals surface area contributed by atoms with Crippen molar-refractivity contribution in [1.29, 1.82) is 0 Å². The summed E-state index contributed by atoms with van der Waals surface area (Å²) in [6.45, 7) is 0. The van der Waals surface area contributed by atoms with Crippen molar-refractivity contribution in [3.05, 3.63) is 53.0 Å². The molecule has 0 atom stereocenters. The largest absolute Gasteiger partial charge is 0.331 e. The van der Waals surface area contributed by atoms with E-state index in [1.54, 1.807) is 6.20 Å². The molecule has 0 bridgehead atoms. The molecule has 0 aliphatic heterocycles. The maximum Gasteiger partial charge on any atom is 0.198 e. The van der Waals surface area contributed by atoms with Gasteiger partial charge in [0.1, 0.15) is 10.3 Å². The molecule has 100 valence electrons. The summed E-state index contributed by atoms with van der Waals surface area (Å²) in [7, 11) is 1.86. The predicted molar refractivity (Wildman–Crippen MR) is 79.7 cm³/mol. The van der Waals surface area contributed by atoms with Crippen LogP contribution < -0.4 is 0 Å². The minimum Gasteiger partial charge on any atom is -0.331 e. The predicted octanol–water partition coefficient (Wildman–Crippen LogP) is 3.85. The Morgan fingerprint density at radius 3 is 2.20 bits per heavy atom. The van der Waals surface area contributed by atoms with Gasteiger partial charge >= 0.3 is 0 Å². The van der Waals surface area contributed by atoms with Crippen molar-refractivity contribution in [3.63, 3.8) is 0 Å². The lowest BCUT2D eigenvalue weighted by Crippen LogP contribution is -1.99. The molecule has 3 rings (SSSR count). The highest BCUT2D eigenvalue weighted by Crippen LogP contribution is 2.33.